The smallest absolute Gasteiger partial charge is 0.251 e. The second-order valence-electron chi connectivity index (χ2n) is 5.83. The molecular weight excluding hydrogens is 312 g/mol. The van der Waals surface area contributed by atoms with Crippen LogP contribution in [-0.2, 0) is 6.61 Å². The zero-order valence-corrected chi connectivity index (χ0v) is 13.8. The number of aliphatic hydroxyl groups is 1. The molecule has 1 aliphatic rings. The maximum Gasteiger partial charge on any atom is 0.251 e. The number of benzene rings is 1. The van der Waals surface area contributed by atoms with E-state index in [2.05, 4.69) is 10.3 Å². The zero-order chi connectivity index (χ0) is 16.2. The molecule has 23 heavy (non-hydrogen) atoms. The number of rotatable bonds is 7. The summed E-state index contributed by atoms with van der Waals surface area (Å²) in [5, 5.41) is 15.1. The third-order valence-corrected chi connectivity index (χ3v) is 4.59. The molecular formula is C17H20N2O3S. The number of carbonyl (C=O) groups excluding carboxylic acids is 1. The molecule has 1 fully saturated rings. The van der Waals surface area contributed by atoms with E-state index in [1.807, 2.05) is 11.4 Å². The first-order valence-corrected chi connectivity index (χ1v) is 8.63. The Kier molecular flexibility index (Phi) is 4.93. The Morgan fingerprint density at radius 1 is 1.52 bits per heavy atom. The van der Waals surface area contributed by atoms with Gasteiger partial charge in [0.25, 0.3) is 5.91 Å². The summed E-state index contributed by atoms with van der Waals surface area (Å²) in [4.78, 5) is 16.6. The highest BCUT2D eigenvalue weighted by Gasteiger charge is 2.26. The van der Waals surface area contributed by atoms with Gasteiger partial charge in [0.1, 0.15) is 12.4 Å². The van der Waals surface area contributed by atoms with Crippen LogP contribution in [-0.4, -0.2) is 28.6 Å². The first-order chi connectivity index (χ1) is 11.1. The van der Waals surface area contributed by atoms with Gasteiger partial charge >= 0.3 is 0 Å². The van der Waals surface area contributed by atoms with Crippen molar-refractivity contribution in [2.24, 2.45) is 0 Å². The average Bonchev–Trinajstić information content (AvgIpc) is 3.29. The minimum atomic E-state index is -0.566. The first-order valence-electron chi connectivity index (χ1n) is 7.75. The van der Waals surface area contributed by atoms with Gasteiger partial charge in [0.05, 0.1) is 16.8 Å². The fraction of sp³-hybridized carbons (Fsp3) is 0.412. The lowest BCUT2D eigenvalue weighted by Crippen LogP contribution is -2.30. The minimum absolute atomic E-state index is 0.221. The molecule has 2 aromatic rings. The van der Waals surface area contributed by atoms with Crippen LogP contribution in [0.2, 0.25) is 0 Å². The Bertz CT molecular complexity index is 680. The SMILES string of the molecule is CC(O)CNC(=O)c1cccc(OCc2csc(C3CC3)n2)c1. The third kappa shape index (κ3) is 4.53. The number of hydrogen-bond acceptors (Lipinski definition) is 5. The standard InChI is InChI=1S/C17H20N2O3S/c1-11(20)8-18-16(21)13-3-2-4-15(7-13)22-9-14-10-23-17(19-14)12-5-6-12/h2-4,7,10-12,20H,5-6,8-9H2,1H3,(H,18,21). The van der Waals surface area contributed by atoms with Crippen molar-refractivity contribution < 1.29 is 14.6 Å². The Morgan fingerprint density at radius 2 is 2.35 bits per heavy atom. The molecule has 0 spiro atoms. The number of nitrogens with one attached hydrogen (secondary N) is 1. The summed E-state index contributed by atoms with van der Waals surface area (Å²) < 4.78 is 5.74. The van der Waals surface area contributed by atoms with Gasteiger partial charge in [0.2, 0.25) is 0 Å². The van der Waals surface area contributed by atoms with Crippen molar-refractivity contribution in [3.05, 3.63) is 45.9 Å². The number of thiazole rings is 1. The molecule has 3 rings (SSSR count). The summed E-state index contributed by atoms with van der Waals surface area (Å²) in [5.74, 6) is 1.08. The number of aliphatic hydroxyl groups excluding tert-OH is 1. The maximum absolute atomic E-state index is 12.0. The van der Waals surface area contributed by atoms with Gasteiger partial charge in [-0.1, -0.05) is 6.07 Å². The number of ether oxygens (including phenoxy) is 1. The summed E-state index contributed by atoms with van der Waals surface area (Å²) in [6.45, 7) is 2.26. The topological polar surface area (TPSA) is 71.5 Å². The number of aromatic nitrogens is 1. The zero-order valence-electron chi connectivity index (χ0n) is 13.0. The van der Waals surface area contributed by atoms with Crippen molar-refractivity contribution in [1.82, 2.24) is 10.3 Å². The van der Waals surface area contributed by atoms with Gasteiger partial charge < -0.3 is 15.2 Å². The van der Waals surface area contributed by atoms with E-state index in [0.29, 0.717) is 23.8 Å². The van der Waals surface area contributed by atoms with Crippen LogP contribution < -0.4 is 10.1 Å². The van der Waals surface area contributed by atoms with E-state index in [1.54, 1.807) is 36.5 Å². The highest BCUT2D eigenvalue weighted by Crippen LogP contribution is 2.41. The molecule has 1 atom stereocenters. The van der Waals surface area contributed by atoms with Gasteiger partial charge in [-0.25, -0.2) is 4.98 Å². The van der Waals surface area contributed by atoms with Crippen molar-refractivity contribution >= 4 is 17.2 Å². The van der Waals surface area contributed by atoms with E-state index in [0.717, 1.165) is 5.69 Å². The van der Waals surface area contributed by atoms with Crippen LogP contribution in [0.5, 0.6) is 5.75 Å². The van der Waals surface area contributed by atoms with Crippen LogP contribution in [0.1, 0.15) is 46.7 Å². The second kappa shape index (κ2) is 7.10. The molecule has 0 aliphatic heterocycles. The largest absolute Gasteiger partial charge is 0.487 e. The molecule has 2 N–H and O–H groups in total. The quantitative estimate of drug-likeness (QED) is 0.818. The normalized spacial score (nSPS) is 15.2. The predicted molar refractivity (Wildman–Crippen MR) is 88.9 cm³/mol. The van der Waals surface area contributed by atoms with E-state index in [-0.39, 0.29) is 12.5 Å². The van der Waals surface area contributed by atoms with Gasteiger partial charge in [-0.2, -0.15) is 0 Å². The summed E-state index contributed by atoms with van der Waals surface area (Å²) in [7, 11) is 0. The summed E-state index contributed by atoms with van der Waals surface area (Å²) in [6, 6.07) is 7.02. The lowest BCUT2D eigenvalue weighted by atomic mass is 10.2. The summed E-state index contributed by atoms with van der Waals surface area (Å²) in [6.07, 6.45) is 1.93. The number of amides is 1. The van der Waals surface area contributed by atoms with Crippen molar-refractivity contribution in [1.29, 1.82) is 0 Å². The number of carbonyl (C=O) groups is 1. The van der Waals surface area contributed by atoms with Crippen LogP contribution in [0.25, 0.3) is 0 Å². The second-order valence-corrected chi connectivity index (χ2v) is 6.72. The monoisotopic (exact) mass is 332 g/mol. The first kappa shape index (κ1) is 16.0. The highest BCUT2D eigenvalue weighted by molar-refractivity contribution is 7.09. The molecule has 0 saturated heterocycles. The van der Waals surface area contributed by atoms with E-state index < -0.39 is 6.10 Å². The predicted octanol–water partition coefficient (Wildman–Crippen LogP) is 2.71. The molecule has 1 heterocycles. The summed E-state index contributed by atoms with van der Waals surface area (Å²) in [5.41, 5.74) is 1.45. The van der Waals surface area contributed by atoms with Crippen LogP contribution in [0.4, 0.5) is 0 Å². The van der Waals surface area contributed by atoms with Crippen LogP contribution in [0.3, 0.4) is 0 Å². The van der Waals surface area contributed by atoms with Gasteiger partial charge in [0.15, 0.2) is 0 Å². The minimum Gasteiger partial charge on any atom is -0.487 e. The number of hydrogen-bond donors (Lipinski definition) is 2. The number of nitrogens with zero attached hydrogens (tertiary/aromatic N) is 1. The van der Waals surface area contributed by atoms with Crippen LogP contribution in [0.15, 0.2) is 29.6 Å². The molecule has 0 radical (unpaired) electrons. The van der Waals surface area contributed by atoms with Gasteiger partial charge in [-0.05, 0) is 38.0 Å². The molecule has 0 bridgehead atoms. The van der Waals surface area contributed by atoms with Gasteiger partial charge in [0, 0.05) is 23.4 Å². The molecule has 1 aromatic heterocycles. The molecule has 122 valence electrons. The van der Waals surface area contributed by atoms with Crippen LogP contribution in [0, 0.1) is 0 Å². The van der Waals surface area contributed by atoms with Crippen molar-refractivity contribution in [2.45, 2.75) is 38.4 Å². The van der Waals surface area contributed by atoms with Crippen LogP contribution >= 0.6 is 11.3 Å². The summed E-state index contributed by atoms with van der Waals surface area (Å²) >= 11 is 1.69. The van der Waals surface area contributed by atoms with Gasteiger partial charge in [-0.3, -0.25) is 4.79 Å². The Morgan fingerprint density at radius 3 is 3.09 bits per heavy atom. The van der Waals surface area contributed by atoms with Crippen molar-refractivity contribution in [3.63, 3.8) is 0 Å². The fourth-order valence-corrected chi connectivity index (χ4v) is 3.11. The van der Waals surface area contributed by atoms with E-state index >= 15 is 0 Å². The maximum atomic E-state index is 12.0. The Labute approximate surface area is 139 Å². The molecule has 5 nitrogen and oxygen atoms in total. The van der Waals surface area contributed by atoms with Gasteiger partial charge in [-0.15, -0.1) is 11.3 Å². The van der Waals surface area contributed by atoms with E-state index in [4.69, 9.17) is 4.74 Å². The Hall–Kier alpha value is -1.92. The van der Waals surface area contributed by atoms with Crippen molar-refractivity contribution in [2.75, 3.05) is 6.54 Å². The molecule has 1 saturated carbocycles. The molecule has 1 aliphatic carbocycles. The molecule has 1 unspecified atom stereocenters. The Balaban J connectivity index is 1.57. The molecule has 1 amide bonds. The highest BCUT2D eigenvalue weighted by atomic mass is 32.1. The molecule has 1 aromatic carbocycles. The van der Waals surface area contributed by atoms with Crippen molar-refractivity contribution in [3.8, 4) is 5.75 Å². The lowest BCUT2D eigenvalue weighted by Gasteiger charge is -2.09. The third-order valence-electron chi connectivity index (χ3n) is 3.54. The average molecular weight is 332 g/mol. The van der Waals surface area contributed by atoms with E-state index in [1.165, 1.54) is 17.8 Å². The van der Waals surface area contributed by atoms with E-state index in [9.17, 15) is 9.90 Å². The lowest BCUT2D eigenvalue weighted by molar-refractivity contribution is 0.0923. The molecule has 6 heteroatoms. The fourth-order valence-electron chi connectivity index (χ4n) is 2.13.